The minimum atomic E-state index is -5.87. The number of benzene rings is 1. The molecule has 1 aromatic carbocycles. The number of anilines is 2. The monoisotopic (exact) mass is 330 g/mol. The molecule has 0 unspecified atom stereocenters. The van der Waals surface area contributed by atoms with Crippen molar-refractivity contribution in [2.75, 3.05) is 11.5 Å². The van der Waals surface area contributed by atoms with Crippen LogP contribution in [0.25, 0.3) is 0 Å². The maximum atomic E-state index is 13.4. The van der Waals surface area contributed by atoms with Gasteiger partial charge in [-0.15, -0.1) is 0 Å². The normalized spacial score (nSPS) is 13.6. The molecule has 21 heavy (non-hydrogen) atoms. The Kier molecular flexibility index (Phi) is 3.73. The number of rotatable bonds is 0. The van der Waals surface area contributed by atoms with Gasteiger partial charge in [-0.05, 0) is 0 Å². The van der Waals surface area contributed by atoms with Crippen LogP contribution in [0.3, 0.4) is 0 Å². The average molecular weight is 330 g/mol. The van der Waals surface area contributed by atoms with Crippen LogP contribution in [0.2, 0.25) is 0 Å². The standard InChI is InChI=1S/C9H4F10N2/c10-4-1(7(11,12)13)5(20)3(9(17,18)19)6(21)2(4)8(14,15)16/h20-21H2. The Labute approximate surface area is 109 Å². The number of hydrogen-bond donors (Lipinski definition) is 2. The van der Waals surface area contributed by atoms with Crippen molar-refractivity contribution in [3.05, 3.63) is 22.5 Å². The fourth-order valence-corrected chi connectivity index (χ4v) is 1.62. The molecule has 0 aliphatic carbocycles. The van der Waals surface area contributed by atoms with Gasteiger partial charge in [0.1, 0.15) is 16.7 Å². The van der Waals surface area contributed by atoms with Gasteiger partial charge in [0.05, 0.1) is 11.4 Å². The molecule has 0 radical (unpaired) electrons. The highest BCUT2D eigenvalue weighted by molar-refractivity contribution is 5.72. The Morgan fingerprint density at radius 2 is 0.762 bits per heavy atom. The quantitative estimate of drug-likeness (QED) is 0.557. The fourth-order valence-electron chi connectivity index (χ4n) is 1.62. The van der Waals surface area contributed by atoms with Crippen LogP contribution in [0.15, 0.2) is 0 Å². The summed E-state index contributed by atoms with van der Waals surface area (Å²) < 4.78 is 126. The van der Waals surface area contributed by atoms with Crippen molar-refractivity contribution >= 4 is 11.4 Å². The molecule has 120 valence electrons. The predicted octanol–water partition coefficient (Wildman–Crippen LogP) is 4.05. The molecule has 0 spiro atoms. The zero-order chi connectivity index (χ0) is 17.0. The Morgan fingerprint density at radius 3 is 0.952 bits per heavy atom. The first kappa shape index (κ1) is 17.2. The highest BCUT2D eigenvalue weighted by atomic mass is 19.4. The van der Waals surface area contributed by atoms with Crippen molar-refractivity contribution in [3.8, 4) is 0 Å². The predicted molar refractivity (Wildman–Crippen MR) is 50.2 cm³/mol. The summed E-state index contributed by atoms with van der Waals surface area (Å²) in [6.45, 7) is 0. The zero-order valence-electron chi connectivity index (χ0n) is 9.43. The van der Waals surface area contributed by atoms with E-state index in [1.807, 2.05) is 0 Å². The summed E-state index contributed by atoms with van der Waals surface area (Å²) in [5, 5.41) is 0. The summed E-state index contributed by atoms with van der Waals surface area (Å²) in [4.78, 5) is 0. The van der Waals surface area contributed by atoms with E-state index in [9.17, 15) is 43.9 Å². The van der Waals surface area contributed by atoms with Gasteiger partial charge in [-0.3, -0.25) is 0 Å². The van der Waals surface area contributed by atoms with E-state index >= 15 is 0 Å². The van der Waals surface area contributed by atoms with Gasteiger partial charge in [0.15, 0.2) is 5.82 Å². The molecule has 1 rings (SSSR count). The lowest BCUT2D eigenvalue weighted by atomic mass is 9.97. The number of nitrogens with two attached hydrogens (primary N) is 2. The molecule has 0 heterocycles. The molecule has 0 bridgehead atoms. The topological polar surface area (TPSA) is 52.0 Å². The largest absolute Gasteiger partial charge is 0.421 e. The van der Waals surface area contributed by atoms with Crippen molar-refractivity contribution in [2.24, 2.45) is 0 Å². The molecule has 0 atom stereocenters. The second-order valence-corrected chi connectivity index (χ2v) is 3.76. The van der Waals surface area contributed by atoms with Crippen LogP contribution in [0, 0.1) is 5.82 Å². The fraction of sp³-hybridized carbons (Fsp3) is 0.333. The molecular formula is C9H4F10N2. The summed E-state index contributed by atoms with van der Waals surface area (Å²) in [6, 6.07) is 0. The number of hydrogen-bond acceptors (Lipinski definition) is 2. The van der Waals surface area contributed by atoms with Crippen LogP contribution < -0.4 is 11.5 Å². The summed E-state index contributed by atoms with van der Waals surface area (Å²) in [5.74, 6) is -3.00. The SMILES string of the molecule is Nc1c(C(F)(F)F)c(N)c(C(F)(F)F)c(F)c1C(F)(F)F. The van der Waals surface area contributed by atoms with Gasteiger partial charge >= 0.3 is 18.5 Å². The van der Waals surface area contributed by atoms with Gasteiger partial charge in [-0.25, -0.2) is 4.39 Å². The zero-order valence-corrected chi connectivity index (χ0v) is 9.43. The third-order valence-electron chi connectivity index (χ3n) is 2.37. The van der Waals surface area contributed by atoms with E-state index in [2.05, 4.69) is 11.5 Å². The number of alkyl halides is 9. The molecule has 4 N–H and O–H groups in total. The van der Waals surface area contributed by atoms with E-state index in [0.717, 1.165) is 0 Å². The van der Waals surface area contributed by atoms with Crippen molar-refractivity contribution in [1.82, 2.24) is 0 Å². The minimum Gasteiger partial charge on any atom is -0.398 e. The molecular weight excluding hydrogens is 326 g/mol. The van der Waals surface area contributed by atoms with Crippen LogP contribution in [0.5, 0.6) is 0 Å². The van der Waals surface area contributed by atoms with E-state index in [4.69, 9.17) is 0 Å². The van der Waals surface area contributed by atoms with E-state index in [1.165, 1.54) is 0 Å². The van der Waals surface area contributed by atoms with Crippen LogP contribution >= 0.6 is 0 Å². The van der Waals surface area contributed by atoms with E-state index in [1.54, 1.807) is 0 Å². The molecule has 0 fully saturated rings. The van der Waals surface area contributed by atoms with E-state index < -0.39 is 52.4 Å². The Balaban J connectivity index is 4.04. The molecule has 0 aliphatic rings. The van der Waals surface area contributed by atoms with Crippen molar-refractivity contribution in [1.29, 1.82) is 0 Å². The third kappa shape index (κ3) is 2.93. The van der Waals surface area contributed by atoms with Crippen LogP contribution in [0.4, 0.5) is 55.3 Å². The van der Waals surface area contributed by atoms with Crippen molar-refractivity contribution < 1.29 is 43.9 Å². The summed E-state index contributed by atoms with van der Waals surface area (Å²) in [7, 11) is 0. The second kappa shape index (κ2) is 4.56. The summed E-state index contributed by atoms with van der Waals surface area (Å²) in [6.07, 6.45) is -17.5. The second-order valence-electron chi connectivity index (χ2n) is 3.76. The van der Waals surface area contributed by atoms with Crippen molar-refractivity contribution in [3.63, 3.8) is 0 Å². The Morgan fingerprint density at radius 1 is 0.524 bits per heavy atom. The minimum absolute atomic E-state index is 2.25. The molecule has 0 aliphatic heterocycles. The lowest BCUT2D eigenvalue weighted by Crippen LogP contribution is -2.25. The molecule has 0 aromatic heterocycles. The van der Waals surface area contributed by atoms with E-state index in [-0.39, 0.29) is 0 Å². The Bertz CT molecular complexity index is 464. The molecule has 0 saturated heterocycles. The van der Waals surface area contributed by atoms with Gasteiger partial charge in [0.25, 0.3) is 0 Å². The summed E-state index contributed by atoms with van der Waals surface area (Å²) in [5.41, 5.74) is -3.73. The Hall–Kier alpha value is -1.88. The average Bonchev–Trinajstić information content (AvgIpc) is 2.07. The maximum Gasteiger partial charge on any atom is 0.421 e. The number of halogens is 10. The van der Waals surface area contributed by atoms with Crippen molar-refractivity contribution in [2.45, 2.75) is 18.5 Å². The smallest absolute Gasteiger partial charge is 0.398 e. The van der Waals surface area contributed by atoms with Gasteiger partial charge < -0.3 is 11.5 Å². The van der Waals surface area contributed by atoms with Crippen LogP contribution in [0.1, 0.15) is 16.7 Å². The van der Waals surface area contributed by atoms with Crippen LogP contribution in [-0.4, -0.2) is 0 Å². The lowest BCUT2D eigenvalue weighted by Gasteiger charge is -2.22. The van der Waals surface area contributed by atoms with Crippen LogP contribution in [-0.2, 0) is 18.5 Å². The number of nitrogen functional groups attached to an aromatic ring is 2. The molecule has 0 saturated carbocycles. The van der Waals surface area contributed by atoms with Gasteiger partial charge in [-0.2, -0.15) is 39.5 Å². The molecule has 2 nitrogen and oxygen atoms in total. The molecule has 12 heteroatoms. The van der Waals surface area contributed by atoms with Gasteiger partial charge in [-0.1, -0.05) is 0 Å². The first-order valence-electron chi connectivity index (χ1n) is 4.72. The molecule has 1 aromatic rings. The summed E-state index contributed by atoms with van der Waals surface area (Å²) >= 11 is 0. The maximum absolute atomic E-state index is 13.4. The first-order chi connectivity index (χ1) is 9.10. The van der Waals surface area contributed by atoms with E-state index in [0.29, 0.717) is 0 Å². The highest BCUT2D eigenvalue weighted by Gasteiger charge is 2.50. The highest BCUT2D eigenvalue weighted by Crippen LogP contribution is 2.50. The lowest BCUT2D eigenvalue weighted by molar-refractivity contribution is -0.150. The third-order valence-corrected chi connectivity index (χ3v) is 2.37. The van der Waals surface area contributed by atoms with Gasteiger partial charge in [0, 0.05) is 0 Å². The first-order valence-corrected chi connectivity index (χ1v) is 4.72. The van der Waals surface area contributed by atoms with Gasteiger partial charge in [0.2, 0.25) is 0 Å². The molecule has 0 amide bonds.